The third-order valence-corrected chi connectivity index (χ3v) is 5.43. The number of unbranched alkanes of at least 4 members (excludes halogenated alkanes) is 1. The number of benzene rings is 1. The lowest BCUT2D eigenvalue weighted by molar-refractivity contribution is 0.309. The quantitative estimate of drug-likeness (QED) is 0.506. The van der Waals surface area contributed by atoms with Gasteiger partial charge in [0.1, 0.15) is 5.75 Å². The van der Waals surface area contributed by atoms with Crippen molar-refractivity contribution in [2.24, 2.45) is 4.99 Å². The van der Waals surface area contributed by atoms with Gasteiger partial charge in [0.2, 0.25) is 0 Å². The van der Waals surface area contributed by atoms with Gasteiger partial charge in [0.25, 0.3) is 0 Å². The van der Waals surface area contributed by atoms with Crippen LogP contribution in [-0.2, 0) is 6.42 Å². The molecule has 2 heterocycles. The molecule has 3 rings (SSSR count). The highest BCUT2D eigenvalue weighted by Crippen LogP contribution is 2.25. The van der Waals surface area contributed by atoms with E-state index in [1.54, 1.807) is 11.3 Å². The molecule has 0 spiro atoms. The largest absolute Gasteiger partial charge is 0.494 e. The second-order valence-corrected chi connectivity index (χ2v) is 7.40. The Balaban J connectivity index is 0.00000208. The van der Waals surface area contributed by atoms with Gasteiger partial charge in [-0.25, -0.2) is 0 Å². The summed E-state index contributed by atoms with van der Waals surface area (Å²) in [5, 5.41) is 2.09. The Morgan fingerprint density at radius 2 is 2.17 bits per heavy atom. The van der Waals surface area contributed by atoms with Gasteiger partial charge in [0, 0.05) is 26.8 Å². The summed E-state index contributed by atoms with van der Waals surface area (Å²) in [6.45, 7) is 3.82. The van der Waals surface area contributed by atoms with Crippen LogP contribution in [0.1, 0.15) is 35.8 Å². The van der Waals surface area contributed by atoms with Gasteiger partial charge in [-0.15, -0.1) is 23.7 Å². The average molecular weight is 427 g/mol. The SMILES string of the molecule is CCCCOc1ccc2c(c1)CCN=C2C=Cc1cc(Br)cs1.Cl. The van der Waals surface area contributed by atoms with E-state index in [1.165, 1.54) is 16.0 Å². The van der Waals surface area contributed by atoms with Gasteiger partial charge in [-0.3, -0.25) is 4.99 Å². The number of aliphatic imine (C=N–C) groups is 1. The van der Waals surface area contributed by atoms with Crippen molar-refractivity contribution in [1.29, 1.82) is 0 Å². The first-order valence-corrected chi connectivity index (χ1v) is 9.66. The third-order valence-electron chi connectivity index (χ3n) is 3.78. The lowest BCUT2D eigenvalue weighted by Crippen LogP contribution is -2.11. The Morgan fingerprint density at radius 1 is 1.29 bits per heavy atom. The van der Waals surface area contributed by atoms with Crippen LogP contribution in [-0.4, -0.2) is 18.9 Å². The molecule has 0 unspecified atom stereocenters. The van der Waals surface area contributed by atoms with Crippen molar-refractivity contribution in [3.63, 3.8) is 0 Å². The summed E-state index contributed by atoms with van der Waals surface area (Å²) in [4.78, 5) is 5.91. The fourth-order valence-corrected chi connectivity index (χ4v) is 3.89. The highest BCUT2D eigenvalue weighted by Gasteiger charge is 2.13. The van der Waals surface area contributed by atoms with Gasteiger partial charge >= 0.3 is 0 Å². The van der Waals surface area contributed by atoms with Crippen LogP contribution in [0.5, 0.6) is 5.75 Å². The Bertz CT molecular complexity index is 739. The Morgan fingerprint density at radius 3 is 2.92 bits per heavy atom. The Hall–Kier alpha value is -1.10. The lowest BCUT2D eigenvalue weighted by atomic mass is 9.97. The molecule has 0 N–H and O–H groups in total. The first-order valence-electron chi connectivity index (χ1n) is 7.99. The lowest BCUT2D eigenvalue weighted by Gasteiger charge is -2.16. The monoisotopic (exact) mass is 425 g/mol. The van der Waals surface area contributed by atoms with E-state index >= 15 is 0 Å². The predicted octanol–water partition coefficient (Wildman–Crippen LogP) is 6.17. The standard InChI is InChI=1S/C19H20BrNOS.ClH/c1-2-3-10-22-16-4-6-18-14(11-16)8-9-21-19(18)7-5-17-12-15(20)13-23-17;/h4-7,11-13H,2-3,8-10H2,1H3;1H. The summed E-state index contributed by atoms with van der Waals surface area (Å²) >= 11 is 5.21. The summed E-state index contributed by atoms with van der Waals surface area (Å²) < 4.78 is 6.95. The molecule has 2 aromatic rings. The summed E-state index contributed by atoms with van der Waals surface area (Å²) in [5.41, 5.74) is 3.63. The minimum Gasteiger partial charge on any atom is -0.494 e. The molecule has 0 aliphatic carbocycles. The molecule has 2 nitrogen and oxygen atoms in total. The zero-order valence-corrected chi connectivity index (χ0v) is 16.8. The molecular weight excluding hydrogens is 406 g/mol. The van der Waals surface area contributed by atoms with Crippen LogP contribution < -0.4 is 4.74 Å². The maximum Gasteiger partial charge on any atom is 0.119 e. The smallest absolute Gasteiger partial charge is 0.119 e. The number of hydrogen-bond acceptors (Lipinski definition) is 3. The fourth-order valence-electron chi connectivity index (χ4n) is 2.55. The number of rotatable bonds is 6. The second kappa shape index (κ2) is 9.40. The van der Waals surface area contributed by atoms with Crippen LogP contribution in [0.2, 0.25) is 0 Å². The number of fused-ring (bicyclic) bond motifs is 1. The molecule has 24 heavy (non-hydrogen) atoms. The van der Waals surface area contributed by atoms with Crippen molar-refractivity contribution < 1.29 is 4.74 Å². The molecule has 0 radical (unpaired) electrons. The topological polar surface area (TPSA) is 21.6 Å². The Labute approximate surface area is 162 Å². The molecule has 128 valence electrons. The molecule has 1 aromatic carbocycles. The van der Waals surface area contributed by atoms with Crippen molar-refractivity contribution in [3.05, 3.63) is 56.2 Å². The minimum absolute atomic E-state index is 0. The van der Waals surface area contributed by atoms with E-state index in [0.717, 1.165) is 48.3 Å². The van der Waals surface area contributed by atoms with E-state index < -0.39 is 0 Å². The maximum atomic E-state index is 5.82. The average Bonchev–Trinajstić information content (AvgIpc) is 2.98. The van der Waals surface area contributed by atoms with E-state index in [-0.39, 0.29) is 12.4 Å². The van der Waals surface area contributed by atoms with Crippen LogP contribution in [0, 0.1) is 0 Å². The molecule has 5 heteroatoms. The van der Waals surface area contributed by atoms with Crippen molar-refractivity contribution >= 4 is 51.5 Å². The molecular formula is C19H21BrClNOS. The minimum atomic E-state index is 0. The van der Waals surface area contributed by atoms with Crippen molar-refractivity contribution in [2.75, 3.05) is 13.2 Å². The number of allylic oxidation sites excluding steroid dienone is 1. The van der Waals surface area contributed by atoms with Crippen LogP contribution in [0.15, 0.2) is 45.2 Å². The van der Waals surface area contributed by atoms with Gasteiger partial charge < -0.3 is 4.74 Å². The molecule has 0 atom stereocenters. The number of nitrogens with zero attached hydrogens (tertiary/aromatic N) is 1. The molecule has 1 aliphatic heterocycles. The molecule has 0 amide bonds. The first-order chi connectivity index (χ1) is 11.3. The number of ether oxygens (including phenoxy) is 1. The zero-order valence-electron chi connectivity index (χ0n) is 13.6. The van der Waals surface area contributed by atoms with Crippen molar-refractivity contribution in [3.8, 4) is 5.75 Å². The number of thiophene rings is 1. The molecule has 0 bridgehead atoms. The van der Waals surface area contributed by atoms with Crippen LogP contribution in [0.3, 0.4) is 0 Å². The van der Waals surface area contributed by atoms with E-state index in [4.69, 9.17) is 4.74 Å². The normalized spacial score (nSPS) is 13.3. The van der Waals surface area contributed by atoms with E-state index in [2.05, 4.69) is 69.6 Å². The van der Waals surface area contributed by atoms with Crippen LogP contribution in [0.4, 0.5) is 0 Å². The van der Waals surface area contributed by atoms with Crippen LogP contribution >= 0.6 is 39.7 Å². The molecule has 1 aromatic heterocycles. The summed E-state index contributed by atoms with van der Waals surface area (Å²) in [5.74, 6) is 0.976. The molecule has 0 saturated carbocycles. The summed E-state index contributed by atoms with van der Waals surface area (Å²) in [7, 11) is 0. The van der Waals surface area contributed by atoms with Gasteiger partial charge in [-0.1, -0.05) is 13.3 Å². The van der Waals surface area contributed by atoms with E-state index in [9.17, 15) is 0 Å². The fraction of sp³-hybridized carbons (Fsp3) is 0.316. The van der Waals surface area contributed by atoms with Gasteiger partial charge in [0.05, 0.1) is 12.3 Å². The molecule has 1 aliphatic rings. The summed E-state index contributed by atoms with van der Waals surface area (Å²) in [6.07, 6.45) is 7.50. The van der Waals surface area contributed by atoms with Gasteiger partial charge in [-0.2, -0.15) is 0 Å². The highest BCUT2D eigenvalue weighted by atomic mass is 79.9. The number of hydrogen-bond donors (Lipinski definition) is 0. The molecule has 0 fully saturated rings. The number of halogens is 2. The maximum absolute atomic E-state index is 5.82. The predicted molar refractivity (Wildman–Crippen MR) is 110 cm³/mol. The Kier molecular flexibility index (Phi) is 7.53. The summed E-state index contributed by atoms with van der Waals surface area (Å²) in [6, 6.07) is 8.50. The van der Waals surface area contributed by atoms with Gasteiger partial charge in [0.15, 0.2) is 0 Å². The highest BCUT2D eigenvalue weighted by molar-refractivity contribution is 9.10. The van der Waals surface area contributed by atoms with Crippen molar-refractivity contribution in [1.82, 2.24) is 0 Å². The van der Waals surface area contributed by atoms with Crippen molar-refractivity contribution in [2.45, 2.75) is 26.2 Å². The second-order valence-electron chi connectivity index (χ2n) is 5.54. The van der Waals surface area contributed by atoms with E-state index in [0.29, 0.717) is 0 Å². The third kappa shape index (κ3) is 4.95. The molecule has 0 saturated heterocycles. The zero-order chi connectivity index (χ0) is 16.1. The van der Waals surface area contributed by atoms with Crippen LogP contribution in [0.25, 0.3) is 6.08 Å². The van der Waals surface area contributed by atoms with E-state index in [1.807, 2.05) is 0 Å². The first kappa shape index (κ1) is 19.2. The van der Waals surface area contributed by atoms with Gasteiger partial charge in [-0.05, 0) is 70.8 Å².